The van der Waals surface area contributed by atoms with E-state index in [0.717, 1.165) is 25.4 Å². The fourth-order valence-corrected chi connectivity index (χ4v) is 2.73. The highest BCUT2D eigenvalue weighted by Crippen LogP contribution is 2.48. The van der Waals surface area contributed by atoms with Crippen LogP contribution in [0.5, 0.6) is 0 Å². The van der Waals surface area contributed by atoms with E-state index in [4.69, 9.17) is 11.6 Å². The smallest absolute Gasteiger partial charge is 0.0229 e. The average Bonchev–Trinajstić information content (AvgIpc) is 3.02. The van der Waals surface area contributed by atoms with Crippen LogP contribution in [0.3, 0.4) is 0 Å². The maximum absolute atomic E-state index is 5.81. The number of alkyl halides is 1. The molecule has 88 valence electrons. The first-order chi connectivity index (χ1) is 7.74. The van der Waals surface area contributed by atoms with Gasteiger partial charge in [0.25, 0.3) is 0 Å². The third kappa shape index (κ3) is 3.60. The van der Waals surface area contributed by atoms with Crippen LogP contribution in [0, 0.1) is 8.99 Å². The Morgan fingerprint density at radius 1 is 1.25 bits per heavy atom. The fraction of sp³-hybridized carbons (Fsp3) is 0.538. The summed E-state index contributed by atoms with van der Waals surface area (Å²) in [7, 11) is 0. The summed E-state index contributed by atoms with van der Waals surface area (Å²) in [6.45, 7) is 2.09. The van der Waals surface area contributed by atoms with Crippen LogP contribution in [0.25, 0.3) is 0 Å². The summed E-state index contributed by atoms with van der Waals surface area (Å²) in [5, 5.41) is 3.55. The van der Waals surface area contributed by atoms with Gasteiger partial charge >= 0.3 is 0 Å². The molecule has 0 bridgehead atoms. The van der Waals surface area contributed by atoms with Crippen molar-refractivity contribution in [2.24, 2.45) is 5.41 Å². The molecule has 0 saturated heterocycles. The largest absolute Gasteiger partial charge is 0.312 e. The molecule has 1 aliphatic rings. The number of nitrogens with one attached hydrogen (secondary N) is 1. The second kappa shape index (κ2) is 5.69. The molecule has 16 heavy (non-hydrogen) atoms. The molecule has 0 aromatic heterocycles. The van der Waals surface area contributed by atoms with E-state index in [1.165, 1.54) is 22.0 Å². The summed E-state index contributed by atoms with van der Waals surface area (Å²) in [5.41, 5.74) is 1.90. The Hall–Kier alpha value is 0.200. The van der Waals surface area contributed by atoms with Crippen LogP contribution in [-0.4, -0.2) is 12.4 Å². The van der Waals surface area contributed by atoms with E-state index in [1.807, 2.05) is 0 Å². The molecule has 1 aliphatic carbocycles. The van der Waals surface area contributed by atoms with Crippen molar-refractivity contribution in [3.63, 3.8) is 0 Å². The van der Waals surface area contributed by atoms with E-state index in [-0.39, 0.29) is 0 Å². The van der Waals surface area contributed by atoms with Crippen LogP contribution in [-0.2, 0) is 6.54 Å². The minimum absolute atomic E-state index is 0.533. The summed E-state index contributed by atoms with van der Waals surface area (Å²) in [6, 6.07) is 8.69. The SMILES string of the molecule is ClCCC1(CNCc2ccc(I)cc2)CC1. The molecular weight excluding hydrogens is 333 g/mol. The zero-order valence-corrected chi connectivity index (χ0v) is 12.2. The molecule has 0 atom stereocenters. The lowest BCUT2D eigenvalue weighted by Crippen LogP contribution is -2.23. The molecule has 0 amide bonds. The van der Waals surface area contributed by atoms with Gasteiger partial charge in [-0.2, -0.15) is 0 Å². The van der Waals surface area contributed by atoms with Gasteiger partial charge in [0.2, 0.25) is 0 Å². The van der Waals surface area contributed by atoms with E-state index in [1.54, 1.807) is 0 Å². The lowest BCUT2D eigenvalue weighted by atomic mass is 10.0. The van der Waals surface area contributed by atoms with Gasteiger partial charge < -0.3 is 5.32 Å². The molecule has 2 rings (SSSR count). The maximum atomic E-state index is 5.81. The van der Waals surface area contributed by atoms with Gasteiger partial charge in [0, 0.05) is 22.5 Å². The van der Waals surface area contributed by atoms with Crippen LogP contribution in [0.15, 0.2) is 24.3 Å². The first-order valence-corrected chi connectivity index (χ1v) is 7.37. The zero-order valence-electron chi connectivity index (χ0n) is 9.31. The molecular formula is C13H17ClIN. The second-order valence-electron chi connectivity index (χ2n) is 4.67. The summed E-state index contributed by atoms with van der Waals surface area (Å²) >= 11 is 8.14. The van der Waals surface area contributed by atoms with E-state index in [2.05, 4.69) is 52.2 Å². The van der Waals surface area contributed by atoms with Crippen molar-refractivity contribution in [2.75, 3.05) is 12.4 Å². The Balaban J connectivity index is 1.74. The van der Waals surface area contributed by atoms with Crippen molar-refractivity contribution in [2.45, 2.75) is 25.8 Å². The van der Waals surface area contributed by atoms with Crippen molar-refractivity contribution in [3.05, 3.63) is 33.4 Å². The Kier molecular flexibility index (Phi) is 4.50. The lowest BCUT2D eigenvalue weighted by Gasteiger charge is -2.14. The Morgan fingerprint density at radius 3 is 2.50 bits per heavy atom. The third-order valence-electron chi connectivity index (χ3n) is 3.32. The average molecular weight is 350 g/mol. The van der Waals surface area contributed by atoms with Gasteiger partial charge in [-0.1, -0.05) is 12.1 Å². The molecule has 1 nitrogen and oxygen atoms in total. The van der Waals surface area contributed by atoms with Gasteiger partial charge in [-0.25, -0.2) is 0 Å². The van der Waals surface area contributed by atoms with Crippen molar-refractivity contribution in [1.29, 1.82) is 0 Å². The predicted octanol–water partition coefficient (Wildman–Crippen LogP) is 3.79. The molecule has 1 saturated carbocycles. The number of halogens is 2. The first-order valence-electron chi connectivity index (χ1n) is 5.75. The normalized spacial score (nSPS) is 17.4. The quantitative estimate of drug-likeness (QED) is 0.608. The highest BCUT2D eigenvalue weighted by atomic mass is 127. The summed E-state index contributed by atoms with van der Waals surface area (Å²) in [4.78, 5) is 0. The lowest BCUT2D eigenvalue weighted by molar-refractivity contribution is 0.445. The predicted molar refractivity (Wildman–Crippen MR) is 77.9 cm³/mol. The molecule has 1 aromatic rings. The van der Waals surface area contributed by atoms with Crippen LogP contribution in [0.4, 0.5) is 0 Å². The summed E-state index contributed by atoms with van der Waals surface area (Å²) < 4.78 is 1.29. The van der Waals surface area contributed by atoms with Gasteiger partial charge in [0.15, 0.2) is 0 Å². The van der Waals surface area contributed by atoms with Gasteiger partial charge in [-0.3, -0.25) is 0 Å². The minimum Gasteiger partial charge on any atom is -0.312 e. The van der Waals surface area contributed by atoms with Crippen molar-refractivity contribution in [3.8, 4) is 0 Å². The molecule has 0 heterocycles. The minimum atomic E-state index is 0.533. The van der Waals surface area contributed by atoms with Crippen LogP contribution in [0.2, 0.25) is 0 Å². The van der Waals surface area contributed by atoms with Gasteiger partial charge in [-0.15, -0.1) is 11.6 Å². The maximum Gasteiger partial charge on any atom is 0.0229 e. The van der Waals surface area contributed by atoms with Crippen molar-refractivity contribution >= 4 is 34.2 Å². The van der Waals surface area contributed by atoms with Crippen molar-refractivity contribution < 1.29 is 0 Å². The van der Waals surface area contributed by atoms with E-state index >= 15 is 0 Å². The topological polar surface area (TPSA) is 12.0 Å². The molecule has 1 aromatic carbocycles. The third-order valence-corrected chi connectivity index (χ3v) is 4.23. The number of hydrogen-bond donors (Lipinski definition) is 1. The van der Waals surface area contributed by atoms with Gasteiger partial charge in [0.1, 0.15) is 0 Å². The van der Waals surface area contributed by atoms with Crippen LogP contribution >= 0.6 is 34.2 Å². The summed E-state index contributed by atoms with van der Waals surface area (Å²) in [6.07, 6.45) is 3.85. The molecule has 3 heteroatoms. The molecule has 1 fully saturated rings. The molecule has 1 N–H and O–H groups in total. The summed E-state index contributed by atoms with van der Waals surface area (Å²) in [5.74, 6) is 0.797. The van der Waals surface area contributed by atoms with Crippen LogP contribution in [0.1, 0.15) is 24.8 Å². The molecule has 0 radical (unpaired) electrons. The monoisotopic (exact) mass is 349 g/mol. The first kappa shape index (κ1) is 12.7. The highest BCUT2D eigenvalue weighted by Gasteiger charge is 2.40. The van der Waals surface area contributed by atoms with Gasteiger partial charge in [0.05, 0.1) is 0 Å². The number of rotatable bonds is 6. The van der Waals surface area contributed by atoms with E-state index in [0.29, 0.717) is 5.41 Å². The van der Waals surface area contributed by atoms with Gasteiger partial charge in [-0.05, 0) is 65.0 Å². The Morgan fingerprint density at radius 2 is 1.94 bits per heavy atom. The standard InChI is InChI=1S/C13H17ClIN/c14-8-7-13(5-6-13)10-16-9-11-1-3-12(15)4-2-11/h1-4,16H,5-10H2. The second-order valence-corrected chi connectivity index (χ2v) is 6.29. The Bertz CT molecular complexity index is 332. The number of benzene rings is 1. The number of hydrogen-bond acceptors (Lipinski definition) is 1. The Labute approximate surface area is 116 Å². The van der Waals surface area contributed by atoms with E-state index < -0.39 is 0 Å². The van der Waals surface area contributed by atoms with E-state index in [9.17, 15) is 0 Å². The fourth-order valence-electron chi connectivity index (χ4n) is 1.97. The molecule has 0 aliphatic heterocycles. The zero-order chi connectivity index (χ0) is 11.4. The molecule has 0 spiro atoms. The van der Waals surface area contributed by atoms with Crippen LogP contribution < -0.4 is 5.32 Å². The highest BCUT2D eigenvalue weighted by molar-refractivity contribution is 14.1. The molecule has 0 unspecified atom stereocenters. The van der Waals surface area contributed by atoms with Crippen molar-refractivity contribution in [1.82, 2.24) is 5.32 Å².